The summed E-state index contributed by atoms with van der Waals surface area (Å²) in [5.74, 6) is 0.521. The van der Waals surface area contributed by atoms with E-state index < -0.39 is 0 Å². The summed E-state index contributed by atoms with van der Waals surface area (Å²) in [7, 11) is 0. The number of nitrogens with one attached hydrogen (secondary N) is 2. The Labute approximate surface area is 200 Å². The van der Waals surface area contributed by atoms with Crippen molar-refractivity contribution in [2.75, 3.05) is 31.2 Å². The van der Waals surface area contributed by atoms with Gasteiger partial charge in [-0.05, 0) is 31.4 Å². The Morgan fingerprint density at radius 3 is 2.21 bits per heavy atom. The van der Waals surface area contributed by atoms with Crippen LogP contribution >= 0.6 is 0 Å². The van der Waals surface area contributed by atoms with Gasteiger partial charge < -0.3 is 15.0 Å². The highest BCUT2D eigenvalue weighted by Crippen LogP contribution is 2.28. The van der Waals surface area contributed by atoms with Gasteiger partial charge in [-0.1, -0.05) is 60.7 Å². The zero-order valence-corrected chi connectivity index (χ0v) is 19.8. The Bertz CT molecular complexity index is 1100. The van der Waals surface area contributed by atoms with Gasteiger partial charge in [-0.25, -0.2) is 4.98 Å². The van der Waals surface area contributed by atoms with Crippen molar-refractivity contribution in [1.29, 1.82) is 0 Å². The minimum atomic E-state index is -0.179. The standard InChI is InChI=1S/C27H32N4O3/c1-19-23(26(33)30-27(29-19)31-15-17-34-18-16-31)13-14-24(32)28-20(2)25(21-9-5-3-6-10-21)22-11-7-4-8-12-22/h3-12,20,25H,13-18H2,1-2H3,(H,28,32)(H,29,30,33). The van der Waals surface area contributed by atoms with Crippen LogP contribution in [0.4, 0.5) is 5.95 Å². The van der Waals surface area contributed by atoms with Gasteiger partial charge >= 0.3 is 0 Å². The van der Waals surface area contributed by atoms with Gasteiger partial charge in [0.1, 0.15) is 0 Å². The minimum Gasteiger partial charge on any atom is -0.378 e. The molecule has 1 saturated heterocycles. The van der Waals surface area contributed by atoms with Crippen LogP contribution in [0.1, 0.15) is 41.6 Å². The molecule has 1 amide bonds. The minimum absolute atomic E-state index is 0.0333. The lowest BCUT2D eigenvalue weighted by Crippen LogP contribution is -2.39. The third-order valence-electron chi connectivity index (χ3n) is 6.33. The highest BCUT2D eigenvalue weighted by atomic mass is 16.5. The molecule has 2 heterocycles. The first kappa shape index (κ1) is 23.7. The number of rotatable bonds is 8. The van der Waals surface area contributed by atoms with E-state index in [-0.39, 0.29) is 29.8 Å². The Balaban J connectivity index is 1.42. The molecule has 1 aromatic heterocycles. The molecule has 2 N–H and O–H groups in total. The van der Waals surface area contributed by atoms with Crippen molar-refractivity contribution in [3.8, 4) is 0 Å². The van der Waals surface area contributed by atoms with Crippen LogP contribution in [0.25, 0.3) is 0 Å². The zero-order valence-electron chi connectivity index (χ0n) is 19.8. The van der Waals surface area contributed by atoms with Crippen LogP contribution in [0.2, 0.25) is 0 Å². The van der Waals surface area contributed by atoms with Crippen molar-refractivity contribution in [3.05, 3.63) is 93.4 Å². The van der Waals surface area contributed by atoms with E-state index in [1.54, 1.807) is 0 Å². The molecule has 3 aromatic rings. The maximum atomic E-state index is 12.9. The molecule has 7 nitrogen and oxygen atoms in total. The van der Waals surface area contributed by atoms with E-state index in [0.717, 1.165) is 11.1 Å². The molecule has 0 spiro atoms. The van der Waals surface area contributed by atoms with E-state index in [2.05, 4.69) is 39.6 Å². The second kappa shape index (κ2) is 11.1. The van der Waals surface area contributed by atoms with Gasteiger partial charge in [0, 0.05) is 42.7 Å². The number of ether oxygens (including phenoxy) is 1. The molecular weight excluding hydrogens is 428 g/mol. The molecule has 4 rings (SSSR count). The van der Waals surface area contributed by atoms with Crippen LogP contribution in [-0.2, 0) is 16.0 Å². The van der Waals surface area contributed by atoms with Gasteiger partial charge in [0.2, 0.25) is 11.9 Å². The lowest BCUT2D eigenvalue weighted by Gasteiger charge is -2.27. The second-order valence-electron chi connectivity index (χ2n) is 8.71. The molecule has 178 valence electrons. The van der Waals surface area contributed by atoms with E-state index >= 15 is 0 Å². The van der Waals surface area contributed by atoms with E-state index in [1.165, 1.54) is 0 Å². The number of benzene rings is 2. The van der Waals surface area contributed by atoms with E-state index in [4.69, 9.17) is 4.74 Å². The molecule has 0 saturated carbocycles. The van der Waals surface area contributed by atoms with Gasteiger partial charge in [-0.2, -0.15) is 0 Å². The van der Waals surface area contributed by atoms with Gasteiger partial charge in [0.15, 0.2) is 0 Å². The lowest BCUT2D eigenvalue weighted by molar-refractivity contribution is -0.121. The fourth-order valence-electron chi connectivity index (χ4n) is 4.55. The van der Waals surface area contributed by atoms with Crippen molar-refractivity contribution in [3.63, 3.8) is 0 Å². The number of aromatic nitrogens is 2. The quantitative estimate of drug-likeness (QED) is 0.539. The van der Waals surface area contributed by atoms with Crippen LogP contribution in [0.3, 0.4) is 0 Å². The largest absolute Gasteiger partial charge is 0.378 e. The number of amides is 1. The molecule has 1 aliphatic rings. The predicted octanol–water partition coefficient (Wildman–Crippen LogP) is 3.18. The monoisotopic (exact) mass is 460 g/mol. The number of carbonyl (C=O) groups is 1. The van der Waals surface area contributed by atoms with Crippen molar-refractivity contribution in [2.45, 2.75) is 38.6 Å². The summed E-state index contributed by atoms with van der Waals surface area (Å²) < 4.78 is 5.37. The fourth-order valence-corrected chi connectivity index (χ4v) is 4.55. The molecule has 2 aromatic carbocycles. The molecular formula is C27H32N4O3. The number of aryl methyl sites for hydroxylation is 1. The SMILES string of the molecule is Cc1nc(N2CCOCC2)[nH]c(=O)c1CCC(=O)NC(C)C(c1ccccc1)c1ccccc1. The number of carbonyl (C=O) groups excluding carboxylic acids is 1. The van der Waals surface area contributed by atoms with Crippen molar-refractivity contribution >= 4 is 11.9 Å². The number of H-pyrrole nitrogens is 1. The smallest absolute Gasteiger partial charge is 0.255 e. The number of anilines is 1. The summed E-state index contributed by atoms with van der Waals surface area (Å²) in [5, 5.41) is 3.16. The Kier molecular flexibility index (Phi) is 7.75. The van der Waals surface area contributed by atoms with Crippen LogP contribution in [0.15, 0.2) is 65.5 Å². The molecule has 0 radical (unpaired) electrons. The first-order valence-corrected chi connectivity index (χ1v) is 11.8. The summed E-state index contributed by atoms with van der Waals surface area (Å²) in [4.78, 5) is 35.1. The van der Waals surface area contributed by atoms with E-state index in [9.17, 15) is 9.59 Å². The normalized spacial score (nSPS) is 14.7. The maximum absolute atomic E-state index is 12.9. The van der Waals surface area contributed by atoms with Crippen molar-refractivity contribution in [1.82, 2.24) is 15.3 Å². The van der Waals surface area contributed by atoms with E-state index in [0.29, 0.717) is 49.9 Å². The topological polar surface area (TPSA) is 87.3 Å². The first-order chi connectivity index (χ1) is 16.5. The van der Waals surface area contributed by atoms with Crippen LogP contribution in [-0.4, -0.2) is 48.2 Å². The average Bonchev–Trinajstić information content (AvgIpc) is 2.85. The maximum Gasteiger partial charge on any atom is 0.255 e. The Morgan fingerprint density at radius 2 is 1.65 bits per heavy atom. The molecule has 1 atom stereocenters. The number of hydrogen-bond donors (Lipinski definition) is 2. The van der Waals surface area contributed by atoms with E-state index in [1.807, 2.05) is 55.1 Å². The van der Waals surface area contributed by atoms with Gasteiger partial charge in [-0.3, -0.25) is 14.6 Å². The summed E-state index contributed by atoms with van der Waals surface area (Å²) in [6, 6.07) is 20.3. The first-order valence-electron chi connectivity index (χ1n) is 11.8. The third kappa shape index (κ3) is 5.72. The fraction of sp³-hybridized carbons (Fsp3) is 0.370. The number of hydrogen-bond acceptors (Lipinski definition) is 5. The summed E-state index contributed by atoms with van der Waals surface area (Å²) >= 11 is 0. The summed E-state index contributed by atoms with van der Waals surface area (Å²) in [6.07, 6.45) is 0.570. The van der Waals surface area contributed by atoms with Crippen LogP contribution in [0, 0.1) is 6.92 Å². The average molecular weight is 461 g/mol. The second-order valence-corrected chi connectivity index (χ2v) is 8.71. The van der Waals surface area contributed by atoms with Crippen molar-refractivity contribution in [2.24, 2.45) is 0 Å². The highest BCUT2D eigenvalue weighted by molar-refractivity contribution is 5.76. The summed E-state index contributed by atoms with van der Waals surface area (Å²) in [5.41, 5.74) is 3.34. The van der Waals surface area contributed by atoms with Crippen LogP contribution < -0.4 is 15.8 Å². The molecule has 1 fully saturated rings. The van der Waals surface area contributed by atoms with Gasteiger partial charge in [0.05, 0.1) is 13.2 Å². The number of morpholine rings is 1. The lowest BCUT2D eigenvalue weighted by atomic mass is 9.85. The van der Waals surface area contributed by atoms with Gasteiger partial charge in [-0.15, -0.1) is 0 Å². The zero-order chi connectivity index (χ0) is 23.9. The molecule has 0 bridgehead atoms. The number of aromatic amines is 1. The molecule has 1 unspecified atom stereocenters. The highest BCUT2D eigenvalue weighted by Gasteiger charge is 2.23. The number of nitrogens with zero attached hydrogens (tertiary/aromatic N) is 2. The molecule has 1 aliphatic heterocycles. The van der Waals surface area contributed by atoms with Crippen LogP contribution in [0.5, 0.6) is 0 Å². The molecule has 7 heteroatoms. The molecule has 34 heavy (non-hydrogen) atoms. The Hall–Kier alpha value is -3.45. The predicted molar refractivity (Wildman–Crippen MR) is 133 cm³/mol. The summed E-state index contributed by atoms with van der Waals surface area (Å²) in [6.45, 7) is 6.50. The molecule has 0 aliphatic carbocycles. The van der Waals surface area contributed by atoms with Crippen molar-refractivity contribution < 1.29 is 9.53 Å². The van der Waals surface area contributed by atoms with Gasteiger partial charge in [0.25, 0.3) is 5.56 Å². The third-order valence-corrected chi connectivity index (χ3v) is 6.33. The Morgan fingerprint density at radius 1 is 1.06 bits per heavy atom.